The topological polar surface area (TPSA) is 52.6 Å². The fourth-order valence-electron chi connectivity index (χ4n) is 2.40. The molecule has 2 unspecified atom stereocenters. The SMILES string of the molecule is COC(=O)c1cccc(C(=O)OCC2CC=CCC2C)c1. The lowest BCUT2D eigenvalue weighted by molar-refractivity contribution is 0.0395. The van der Waals surface area contributed by atoms with E-state index < -0.39 is 11.9 Å². The van der Waals surface area contributed by atoms with Gasteiger partial charge in [-0.2, -0.15) is 0 Å². The fourth-order valence-corrected chi connectivity index (χ4v) is 2.40. The third-order valence-electron chi connectivity index (χ3n) is 3.87. The molecule has 0 spiro atoms. The summed E-state index contributed by atoms with van der Waals surface area (Å²) in [5, 5.41) is 0. The first kappa shape index (κ1) is 15.3. The van der Waals surface area contributed by atoms with Crippen molar-refractivity contribution in [1.29, 1.82) is 0 Å². The molecule has 1 aliphatic rings. The predicted octanol–water partition coefficient (Wildman–Crippen LogP) is 3.23. The van der Waals surface area contributed by atoms with Crippen LogP contribution in [0.1, 0.15) is 40.5 Å². The van der Waals surface area contributed by atoms with Crippen molar-refractivity contribution in [1.82, 2.24) is 0 Å². The zero-order valence-electron chi connectivity index (χ0n) is 12.4. The monoisotopic (exact) mass is 288 g/mol. The van der Waals surface area contributed by atoms with Crippen molar-refractivity contribution in [2.45, 2.75) is 19.8 Å². The van der Waals surface area contributed by atoms with E-state index in [2.05, 4.69) is 23.8 Å². The molecule has 0 N–H and O–H groups in total. The molecule has 0 fully saturated rings. The molecule has 0 aliphatic heterocycles. The van der Waals surface area contributed by atoms with Crippen LogP contribution in [0.25, 0.3) is 0 Å². The van der Waals surface area contributed by atoms with Gasteiger partial charge in [0.15, 0.2) is 0 Å². The lowest BCUT2D eigenvalue weighted by atomic mass is 9.85. The van der Waals surface area contributed by atoms with Gasteiger partial charge in [0, 0.05) is 0 Å². The minimum Gasteiger partial charge on any atom is -0.465 e. The molecule has 112 valence electrons. The van der Waals surface area contributed by atoms with Gasteiger partial charge in [-0.15, -0.1) is 0 Å². The standard InChI is InChI=1S/C17H20O4/c1-12-6-3-4-7-15(12)11-21-17(19)14-9-5-8-13(10-14)16(18)20-2/h3-5,8-10,12,15H,6-7,11H2,1-2H3. The number of hydrogen-bond acceptors (Lipinski definition) is 4. The van der Waals surface area contributed by atoms with Gasteiger partial charge in [-0.25, -0.2) is 9.59 Å². The van der Waals surface area contributed by atoms with Crippen molar-refractivity contribution in [2.75, 3.05) is 13.7 Å². The van der Waals surface area contributed by atoms with E-state index in [-0.39, 0.29) is 0 Å². The Morgan fingerprint density at radius 1 is 1.14 bits per heavy atom. The van der Waals surface area contributed by atoms with Crippen LogP contribution in [0.5, 0.6) is 0 Å². The molecule has 4 nitrogen and oxygen atoms in total. The number of benzene rings is 1. The molecule has 21 heavy (non-hydrogen) atoms. The van der Waals surface area contributed by atoms with E-state index in [1.807, 2.05) is 0 Å². The second-order valence-corrected chi connectivity index (χ2v) is 5.35. The Hall–Kier alpha value is -2.10. The van der Waals surface area contributed by atoms with E-state index in [4.69, 9.17) is 4.74 Å². The van der Waals surface area contributed by atoms with Crippen LogP contribution < -0.4 is 0 Å². The quantitative estimate of drug-likeness (QED) is 0.630. The van der Waals surface area contributed by atoms with Gasteiger partial charge in [-0.1, -0.05) is 25.1 Å². The van der Waals surface area contributed by atoms with E-state index in [1.165, 1.54) is 13.2 Å². The van der Waals surface area contributed by atoms with Crippen molar-refractivity contribution in [2.24, 2.45) is 11.8 Å². The van der Waals surface area contributed by atoms with Gasteiger partial charge in [0.2, 0.25) is 0 Å². The van der Waals surface area contributed by atoms with Gasteiger partial charge in [0.05, 0.1) is 24.8 Å². The Balaban J connectivity index is 1.97. The van der Waals surface area contributed by atoms with Crippen LogP contribution >= 0.6 is 0 Å². The molecule has 0 amide bonds. The highest BCUT2D eigenvalue weighted by molar-refractivity contribution is 5.95. The molecular formula is C17H20O4. The van der Waals surface area contributed by atoms with Crippen molar-refractivity contribution in [3.63, 3.8) is 0 Å². The molecule has 0 saturated heterocycles. The molecule has 0 heterocycles. The summed E-state index contributed by atoms with van der Waals surface area (Å²) in [5.41, 5.74) is 0.720. The maximum absolute atomic E-state index is 12.1. The van der Waals surface area contributed by atoms with Crippen LogP contribution in [0.4, 0.5) is 0 Å². The third kappa shape index (κ3) is 3.94. The molecule has 1 aliphatic carbocycles. The number of carbonyl (C=O) groups is 2. The lowest BCUT2D eigenvalue weighted by Gasteiger charge is -2.24. The van der Waals surface area contributed by atoms with E-state index in [1.54, 1.807) is 18.2 Å². The van der Waals surface area contributed by atoms with Crippen molar-refractivity contribution >= 4 is 11.9 Å². The van der Waals surface area contributed by atoms with Crippen molar-refractivity contribution in [3.8, 4) is 0 Å². The van der Waals surface area contributed by atoms with Crippen molar-refractivity contribution in [3.05, 3.63) is 47.5 Å². The second kappa shape index (κ2) is 7.07. The van der Waals surface area contributed by atoms with E-state index in [9.17, 15) is 9.59 Å². The first-order valence-electron chi connectivity index (χ1n) is 7.12. The van der Waals surface area contributed by atoms with Crippen LogP contribution in [0, 0.1) is 11.8 Å². The third-order valence-corrected chi connectivity index (χ3v) is 3.87. The summed E-state index contributed by atoms with van der Waals surface area (Å²) in [4.78, 5) is 23.5. The van der Waals surface area contributed by atoms with Crippen LogP contribution in [0.2, 0.25) is 0 Å². The highest BCUT2D eigenvalue weighted by Gasteiger charge is 2.20. The summed E-state index contributed by atoms with van der Waals surface area (Å²) in [7, 11) is 1.31. The number of carbonyl (C=O) groups excluding carboxylic acids is 2. The van der Waals surface area contributed by atoms with Gasteiger partial charge >= 0.3 is 11.9 Å². The molecule has 0 bridgehead atoms. The van der Waals surface area contributed by atoms with Crippen LogP contribution in [0.15, 0.2) is 36.4 Å². The molecule has 0 radical (unpaired) electrons. The number of allylic oxidation sites excluding steroid dienone is 2. The highest BCUT2D eigenvalue weighted by Crippen LogP contribution is 2.25. The lowest BCUT2D eigenvalue weighted by Crippen LogP contribution is -2.21. The highest BCUT2D eigenvalue weighted by atomic mass is 16.5. The molecular weight excluding hydrogens is 268 g/mol. The van der Waals surface area contributed by atoms with Gasteiger partial charge in [-0.05, 0) is 42.9 Å². The fraction of sp³-hybridized carbons (Fsp3) is 0.412. The molecule has 0 saturated carbocycles. The molecule has 1 aromatic rings. The van der Waals surface area contributed by atoms with Crippen LogP contribution in [-0.4, -0.2) is 25.7 Å². The zero-order valence-corrected chi connectivity index (χ0v) is 12.4. The molecule has 1 aromatic carbocycles. The van der Waals surface area contributed by atoms with Gasteiger partial charge < -0.3 is 9.47 Å². The summed E-state index contributed by atoms with van der Waals surface area (Å²) in [6.07, 6.45) is 6.27. The molecule has 2 atom stereocenters. The summed E-state index contributed by atoms with van der Waals surface area (Å²) >= 11 is 0. The van der Waals surface area contributed by atoms with Gasteiger partial charge in [-0.3, -0.25) is 0 Å². The van der Waals surface area contributed by atoms with Crippen LogP contribution in [-0.2, 0) is 9.47 Å². The normalized spacial score (nSPS) is 20.9. The number of ether oxygens (including phenoxy) is 2. The minimum atomic E-state index is -0.462. The average molecular weight is 288 g/mol. The van der Waals surface area contributed by atoms with Crippen molar-refractivity contribution < 1.29 is 19.1 Å². The average Bonchev–Trinajstić information content (AvgIpc) is 2.53. The summed E-state index contributed by atoms with van der Waals surface area (Å²) in [6.45, 7) is 2.58. The number of methoxy groups -OCH3 is 1. The van der Waals surface area contributed by atoms with Gasteiger partial charge in [0.25, 0.3) is 0 Å². The van der Waals surface area contributed by atoms with E-state index in [0.29, 0.717) is 29.6 Å². The smallest absolute Gasteiger partial charge is 0.338 e. The van der Waals surface area contributed by atoms with Crippen LogP contribution in [0.3, 0.4) is 0 Å². The molecule has 0 aromatic heterocycles. The Morgan fingerprint density at radius 3 is 2.48 bits per heavy atom. The largest absolute Gasteiger partial charge is 0.465 e. The molecule has 2 rings (SSSR count). The maximum Gasteiger partial charge on any atom is 0.338 e. The van der Waals surface area contributed by atoms with E-state index in [0.717, 1.165) is 12.8 Å². The Bertz CT molecular complexity index is 547. The first-order chi connectivity index (χ1) is 10.1. The Morgan fingerprint density at radius 2 is 1.81 bits per heavy atom. The summed E-state index contributed by atoms with van der Waals surface area (Å²) in [6, 6.07) is 6.39. The second-order valence-electron chi connectivity index (χ2n) is 5.35. The van der Waals surface area contributed by atoms with Gasteiger partial charge in [0.1, 0.15) is 0 Å². The molecule has 4 heteroatoms. The number of hydrogen-bond donors (Lipinski definition) is 0. The predicted molar refractivity (Wildman–Crippen MR) is 79.1 cm³/mol. The number of rotatable bonds is 4. The maximum atomic E-state index is 12.1. The Labute approximate surface area is 124 Å². The number of esters is 2. The first-order valence-corrected chi connectivity index (χ1v) is 7.12. The zero-order chi connectivity index (χ0) is 15.2. The Kier molecular flexibility index (Phi) is 5.14. The van der Waals surface area contributed by atoms with E-state index >= 15 is 0 Å². The summed E-state index contributed by atoms with van der Waals surface area (Å²) < 4.78 is 10.0. The summed E-state index contributed by atoms with van der Waals surface area (Å²) in [5.74, 6) is 0.0186. The minimum absolute atomic E-state index is 0.348.